The normalized spacial score (nSPS) is 24.8. The van der Waals surface area contributed by atoms with E-state index in [1.165, 1.54) is 12.4 Å². The van der Waals surface area contributed by atoms with Gasteiger partial charge in [0.25, 0.3) is 11.8 Å². The Morgan fingerprint density at radius 3 is 2.54 bits per heavy atom. The Morgan fingerprint density at radius 2 is 1.81 bits per heavy atom. The third-order valence-corrected chi connectivity index (χ3v) is 5.41. The summed E-state index contributed by atoms with van der Waals surface area (Å²) in [6, 6.07) is 3.23. The van der Waals surface area contributed by atoms with Crippen molar-refractivity contribution in [2.24, 2.45) is 5.41 Å². The van der Waals surface area contributed by atoms with E-state index in [4.69, 9.17) is 0 Å². The molecule has 1 spiro atoms. The molecule has 0 radical (unpaired) electrons. The van der Waals surface area contributed by atoms with Crippen LogP contribution in [-0.2, 0) is 0 Å². The summed E-state index contributed by atoms with van der Waals surface area (Å²) in [6.45, 7) is 0.739. The van der Waals surface area contributed by atoms with E-state index in [0.29, 0.717) is 24.3 Å². The molecule has 4 rings (SSSR count). The minimum absolute atomic E-state index is 0.0396. The Kier molecular flexibility index (Phi) is 4.05. The minimum atomic E-state index is -2.82. The van der Waals surface area contributed by atoms with E-state index < -0.39 is 11.3 Å². The van der Waals surface area contributed by atoms with Crippen molar-refractivity contribution < 1.29 is 13.6 Å². The van der Waals surface area contributed by atoms with Gasteiger partial charge in [-0.15, -0.1) is 0 Å². The maximum absolute atomic E-state index is 14.9. The summed E-state index contributed by atoms with van der Waals surface area (Å²) in [5, 5.41) is 0. The number of likely N-dealkylation sites (tertiary alicyclic amines) is 1. The van der Waals surface area contributed by atoms with Gasteiger partial charge in [-0.3, -0.25) is 14.8 Å². The molecule has 6 nitrogen and oxygen atoms in total. The van der Waals surface area contributed by atoms with E-state index >= 15 is 0 Å². The van der Waals surface area contributed by atoms with Gasteiger partial charge in [-0.25, -0.2) is 13.8 Å². The second kappa shape index (κ2) is 6.26. The fourth-order valence-corrected chi connectivity index (χ4v) is 3.90. The molecule has 2 saturated heterocycles. The number of nitrogens with zero attached hydrogens (tertiary/aromatic N) is 5. The Balaban J connectivity index is 1.57. The predicted octanol–water partition coefficient (Wildman–Crippen LogP) is 2.25. The lowest BCUT2D eigenvalue weighted by Gasteiger charge is -2.45. The van der Waals surface area contributed by atoms with Gasteiger partial charge in [-0.05, 0) is 18.6 Å². The largest absolute Gasteiger partial charge is 0.354 e. The van der Waals surface area contributed by atoms with Crippen LogP contribution in [0.3, 0.4) is 0 Å². The first kappa shape index (κ1) is 16.8. The molecule has 1 unspecified atom stereocenters. The average molecular weight is 359 g/mol. The summed E-state index contributed by atoms with van der Waals surface area (Å²) in [6.07, 6.45) is 7.76. The SMILES string of the molecule is O=C(c1ccncc1)N1CCC(F)(F)C2(CCN(c3cnccn3)C2)C1. The van der Waals surface area contributed by atoms with Crippen LogP contribution in [0.5, 0.6) is 0 Å². The highest BCUT2D eigenvalue weighted by Crippen LogP contribution is 2.50. The summed E-state index contributed by atoms with van der Waals surface area (Å²) in [5.41, 5.74) is -0.782. The zero-order chi connectivity index (χ0) is 18.2. The third kappa shape index (κ3) is 2.79. The molecule has 2 aliphatic heterocycles. The predicted molar refractivity (Wildman–Crippen MR) is 91.0 cm³/mol. The van der Waals surface area contributed by atoms with Crippen molar-refractivity contribution >= 4 is 11.7 Å². The number of rotatable bonds is 2. The zero-order valence-corrected chi connectivity index (χ0v) is 14.2. The zero-order valence-electron chi connectivity index (χ0n) is 14.2. The Morgan fingerprint density at radius 1 is 1.00 bits per heavy atom. The molecular formula is C18H19F2N5O. The molecule has 0 bridgehead atoms. The van der Waals surface area contributed by atoms with Crippen LogP contribution in [0.4, 0.5) is 14.6 Å². The van der Waals surface area contributed by atoms with Gasteiger partial charge in [0.15, 0.2) is 0 Å². The second-order valence-electron chi connectivity index (χ2n) is 6.93. The van der Waals surface area contributed by atoms with Crippen molar-refractivity contribution in [1.29, 1.82) is 0 Å². The van der Waals surface area contributed by atoms with Gasteiger partial charge in [0.1, 0.15) is 5.82 Å². The lowest BCUT2D eigenvalue weighted by Crippen LogP contribution is -2.58. The number of halogens is 2. The number of alkyl halides is 2. The summed E-state index contributed by atoms with van der Waals surface area (Å²) in [7, 11) is 0. The van der Waals surface area contributed by atoms with Crippen molar-refractivity contribution in [3.05, 3.63) is 48.7 Å². The molecule has 2 aromatic heterocycles. The van der Waals surface area contributed by atoms with Gasteiger partial charge < -0.3 is 9.80 Å². The van der Waals surface area contributed by atoms with E-state index in [1.807, 2.05) is 4.90 Å². The highest BCUT2D eigenvalue weighted by Gasteiger charge is 2.60. The van der Waals surface area contributed by atoms with Crippen molar-refractivity contribution in [2.45, 2.75) is 18.8 Å². The molecule has 0 N–H and O–H groups in total. The highest BCUT2D eigenvalue weighted by molar-refractivity contribution is 5.94. The molecule has 1 atom stereocenters. The first-order valence-corrected chi connectivity index (χ1v) is 8.59. The molecule has 136 valence electrons. The van der Waals surface area contributed by atoms with Gasteiger partial charge in [-0.1, -0.05) is 0 Å². The summed E-state index contributed by atoms with van der Waals surface area (Å²) >= 11 is 0. The van der Waals surface area contributed by atoms with Crippen molar-refractivity contribution in [3.8, 4) is 0 Å². The highest BCUT2D eigenvalue weighted by atomic mass is 19.3. The molecule has 0 saturated carbocycles. The molecule has 4 heterocycles. The summed E-state index contributed by atoms with van der Waals surface area (Å²) in [4.78, 5) is 28.2. The quantitative estimate of drug-likeness (QED) is 0.823. The van der Waals surface area contributed by atoms with Crippen LogP contribution in [0, 0.1) is 5.41 Å². The maximum atomic E-state index is 14.9. The van der Waals surface area contributed by atoms with Gasteiger partial charge in [0, 0.05) is 63.0 Å². The number of hydrogen-bond acceptors (Lipinski definition) is 5. The number of carbonyl (C=O) groups excluding carboxylic acids is 1. The molecule has 0 aliphatic carbocycles. The van der Waals surface area contributed by atoms with Gasteiger partial charge in [0.05, 0.1) is 11.6 Å². The smallest absolute Gasteiger partial charge is 0.258 e. The van der Waals surface area contributed by atoms with Crippen LogP contribution < -0.4 is 4.90 Å². The van der Waals surface area contributed by atoms with Crippen LogP contribution in [0.25, 0.3) is 0 Å². The first-order chi connectivity index (χ1) is 12.5. The molecule has 2 aliphatic rings. The Bertz CT molecular complexity index is 789. The topological polar surface area (TPSA) is 62.2 Å². The van der Waals surface area contributed by atoms with Crippen LogP contribution in [0.15, 0.2) is 43.1 Å². The molecule has 8 heteroatoms. The third-order valence-electron chi connectivity index (χ3n) is 5.41. The van der Waals surface area contributed by atoms with Crippen molar-refractivity contribution in [1.82, 2.24) is 19.9 Å². The number of pyridine rings is 1. The monoisotopic (exact) mass is 359 g/mol. The summed E-state index contributed by atoms with van der Waals surface area (Å²) < 4.78 is 29.8. The lowest BCUT2D eigenvalue weighted by molar-refractivity contribution is -0.150. The summed E-state index contributed by atoms with van der Waals surface area (Å²) in [5.74, 6) is -2.45. The average Bonchev–Trinajstić information content (AvgIpc) is 3.11. The number of aromatic nitrogens is 3. The Labute approximate surface area is 149 Å². The molecule has 2 fully saturated rings. The van der Waals surface area contributed by atoms with Gasteiger partial charge in [-0.2, -0.15) is 0 Å². The number of piperidine rings is 1. The van der Waals surface area contributed by atoms with Crippen LogP contribution >= 0.6 is 0 Å². The first-order valence-electron chi connectivity index (χ1n) is 8.59. The van der Waals surface area contributed by atoms with E-state index in [2.05, 4.69) is 15.0 Å². The van der Waals surface area contributed by atoms with Crippen molar-refractivity contribution in [3.63, 3.8) is 0 Å². The lowest BCUT2D eigenvalue weighted by atomic mass is 9.75. The van der Waals surface area contributed by atoms with E-state index in [1.54, 1.807) is 35.6 Å². The van der Waals surface area contributed by atoms with E-state index in [0.717, 1.165) is 0 Å². The number of carbonyl (C=O) groups is 1. The second-order valence-corrected chi connectivity index (χ2v) is 6.93. The maximum Gasteiger partial charge on any atom is 0.258 e. The fraction of sp³-hybridized carbons (Fsp3) is 0.444. The standard InChI is InChI=1S/C18H19F2N5O/c19-18(20)4-10-25(16(26)14-1-5-21-6-2-14)13-17(18)3-9-24(12-17)15-11-22-7-8-23-15/h1-2,5-8,11H,3-4,9-10,12-13H2. The van der Waals surface area contributed by atoms with Gasteiger partial charge in [0.2, 0.25) is 0 Å². The minimum Gasteiger partial charge on any atom is -0.354 e. The van der Waals surface area contributed by atoms with Crippen LogP contribution in [-0.4, -0.2) is 57.9 Å². The fourth-order valence-electron chi connectivity index (χ4n) is 3.90. The molecule has 26 heavy (non-hydrogen) atoms. The van der Waals surface area contributed by atoms with E-state index in [9.17, 15) is 13.6 Å². The number of anilines is 1. The Hall–Kier alpha value is -2.64. The van der Waals surface area contributed by atoms with Gasteiger partial charge >= 0.3 is 0 Å². The molecule has 1 amide bonds. The number of hydrogen-bond donors (Lipinski definition) is 0. The van der Waals surface area contributed by atoms with Crippen molar-refractivity contribution in [2.75, 3.05) is 31.1 Å². The molecule has 0 aromatic carbocycles. The molecule has 2 aromatic rings. The molecular weight excluding hydrogens is 340 g/mol. The van der Waals surface area contributed by atoms with Crippen LogP contribution in [0.1, 0.15) is 23.2 Å². The van der Waals surface area contributed by atoms with Crippen LogP contribution in [0.2, 0.25) is 0 Å². The van der Waals surface area contributed by atoms with E-state index in [-0.39, 0.29) is 32.0 Å². The number of amides is 1.